The number of aliphatic hydroxyl groups excluding tert-OH is 1. The predicted molar refractivity (Wildman–Crippen MR) is 81.4 cm³/mol. The molecule has 104 valence electrons. The molecule has 0 aliphatic heterocycles. The highest BCUT2D eigenvalue weighted by molar-refractivity contribution is 7.17. The Morgan fingerprint density at radius 2 is 2.16 bits per heavy atom. The van der Waals surface area contributed by atoms with Gasteiger partial charge in [-0.3, -0.25) is 4.98 Å². The number of fused-ring (bicyclic) bond motifs is 1. The summed E-state index contributed by atoms with van der Waals surface area (Å²) in [6, 6.07) is 4.21. The van der Waals surface area contributed by atoms with Crippen molar-refractivity contribution in [2.75, 3.05) is 6.54 Å². The van der Waals surface area contributed by atoms with E-state index >= 15 is 0 Å². The molecular formula is C15H22N2OS. The number of pyridine rings is 1. The van der Waals surface area contributed by atoms with Gasteiger partial charge in [0.15, 0.2) is 0 Å². The molecule has 2 aromatic heterocycles. The second-order valence-corrected chi connectivity index (χ2v) is 5.87. The van der Waals surface area contributed by atoms with E-state index in [0.29, 0.717) is 12.5 Å². The molecule has 2 N–H and O–H groups in total. The molecule has 0 bridgehead atoms. The van der Waals surface area contributed by atoms with E-state index in [2.05, 4.69) is 35.6 Å². The molecule has 0 saturated carbocycles. The van der Waals surface area contributed by atoms with Crippen LogP contribution in [0.4, 0.5) is 0 Å². The van der Waals surface area contributed by atoms with Crippen LogP contribution in [0.25, 0.3) is 10.2 Å². The maximum absolute atomic E-state index is 10.0. The highest BCUT2D eigenvalue weighted by Gasteiger charge is 2.14. The van der Waals surface area contributed by atoms with Gasteiger partial charge in [0.25, 0.3) is 0 Å². The summed E-state index contributed by atoms with van der Waals surface area (Å²) in [6.07, 6.45) is 3.71. The molecule has 2 aromatic rings. The summed E-state index contributed by atoms with van der Waals surface area (Å²) in [6.45, 7) is 5.67. The molecule has 0 spiro atoms. The zero-order valence-electron chi connectivity index (χ0n) is 11.6. The topological polar surface area (TPSA) is 45.1 Å². The van der Waals surface area contributed by atoms with Crippen molar-refractivity contribution in [3.05, 3.63) is 29.3 Å². The van der Waals surface area contributed by atoms with Crippen LogP contribution >= 0.6 is 11.3 Å². The van der Waals surface area contributed by atoms with Crippen molar-refractivity contribution < 1.29 is 5.11 Å². The van der Waals surface area contributed by atoms with Crippen LogP contribution < -0.4 is 5.32 Å². The predicted octanol–water partition coefficient (Wildman–Crippen LogP) is 3.18. The first-order valence-corrected chi connectivity index (χ1v) is 7.83. The normalized spacial score (nSPS) is 13.3. The maximum Gasteiger partial charge on any atom is 0.0809 e. The van der Waals surface area contributed by atoms with E-state index in [9.17, 15) is 5.11 Å². The van der Waals surface area contributed by atoms with Crippen LogP contribution in [-0.2, 0) is 6.54 Å². The summed E-state index contributed by atoms with van der Waals surface area (Å²) in [5.74, 6) is 0.394. The first kappa shape index (κ1) is 14.4. The Bertz CT molecular complexity index is 508. The van der Waals surface area contributed by atoms with Crippen molar-refractivity contribution in [1.29, 1.82) is 0 Å². The monoisotopic (exact) mass is 278 g/mol. The highest BCUT2D eigenvalue weighted by atomic mass is 32.1. The van der Waals surface area contributed by atoms with Gasteiger partial charge in [-0.1, -0.05) is 26.7 Å². The van der Waals surface area contributed by atoms with Crippen LogP contribution in [0.3, 0.4) is 0 Å². The lowest BCUT2D eigenvalue weighted by Crippen LogP contribution is -2.32. The number of aromatic nitrogens is 1. The molecule has 19 heavy (non-hydrogen) atoms. The van der Waals surface area contributed by atoms with Gasteiger partial charge >= 0.3 is 0 Å². The van der Waals surface area contributed by atoms with Crippen molar-refractivity contribution >= 4 is 21.6 Å². The van der Waals surface area contributed by atoms with Crippen LogP contribution in [-0.4, -0.2) is 22.7 Å². The van der Waals surface area contributed by atoms with Gasteiger partial charge in [-0.25, -0.2) is 0 Å². The first-order chi connectivity index (χ1) is 9.24. The number of thiophene rings is 1. The number of hydrogen-bond donors (Lipinski definition) is 2. The Morgan fingerprint density at radius 3 is 2.89 bits per heavy atom. The Balaban J connectivity index is 1.85. The minimum absolute atomic E-state index is 0.256. The standard InChI is InChI=1S/C15H22N2OS/c1-3-12(4-2)14(18)10-16-8-11-7-15-13(17-9-11)5-6-19-15/h5-7,9,12,14,16,18H,3-4,8,10H2,1-2H3. The van der Waals surface area contributed by atoms with Crippen LogP contribution in [0.15, 0.2) is 23.7 Å². The van der Waals surface area contributed by atoms with Crippen LogP contribution in [0.2, 0.25) is 0 Å². The van der Waals surface area contributed by atoms with Crippen LogP contribution in [0, 0.1) is 5.92 Å². The first-order valence-electron chi connectivity index (χ1n) is 6.95. The summed E-state index contributed by atoms with van der Waals surface area (Å²) in [4.78, 5) is 4.41. The Labute approximate surface area is 118 Å². The quantitative estimate of drug-likeness (QED) is 0.817. The summed E-state index contributed by atoms with van der Waals surface area (Å²) in [7, 11) is 0. The van der Waals surface area contributed by atoms with Gasteiger partial charge in [0.2, 0.25) is 0 Å². The van der Waals surface area contributed by atoms with Gasteiger partial charge in [-0.2, -0.15) is 0 Å². The van der Waals surface area contributed by atoms with Crippen LogP contribution in [0.5, 0.6) is 0 Å². The smallest absolute Gasteiger partial charge is 0.0809 e. The average Bonchev–Trinajstić information content (AvgIpc) is 2.87. The average molecular weight is 278 g/mol. The zero-order chi connectivity index (χ0) is 13.7. The molecule has 2 rings (SSSR count). The summed E-state index contributed by atoms with van der Waals surface area (Å²) in [5.41, 5.74) is 2.23. The van der Waals surface area contributed by atoms with E-state index in [1.54, 1.807) is 11.3 Å². The molecule has 1 unspecified atom stereocenters. The van der Waals surface area contributed by atoms with E-state index in [1.807, 2.05) is 12.3 Å². The number of aliphatic hydroxyl groups is 1. The second-order valence-electron chi connectivity index (χ2n) is 4.92. The van der Waals surface area contributed by atoms with E-state index in [4.69, 9.17) is 0 Å². The fraction of sp³-hybridized carbons (Fsp3) is 0.533. The molecule has 0 fully saturated rings. The lowest BCUT2D eigenvalue weighted by molar-refractivity contribution is 0.101. The third-order valence-electron chi connectivity index (χ3n) is 3.63. The number of hydrogen-bond acceptors (Lipinski definition) is 4. The minimum atomic E-state index is -0.256. The van der Waals surface area contributed by atoms with Crippen molar-refractivity contribution in [2.24, 2.45) is 5.92 Å². The zero-order valence-corrected chi connectivity index (χ0v) is 12.4. The van der Waals surface area contributed by atoms with Gasteiger partial charge in [0, 0.05) is 19.3 Å². The molecule has 0 aromatic carbocycles. The molecule has 0 saturated heterocycles. The molecular weight excluding hydrogens is 256 g/mol. The van der Waals surface area contributed by atoms with Gasteiger partial charge in [-0.15, -0.1) is 11.3 Å². The summed E-state index contributed by atoms with van der Waals surface area (Å²) in [5, 5.41) is 15.4. The van der Waals surface area contributed by atoms with Crippen molar-refractivity contribution in [3.8, 4) is 0 Å². The molecule has 1 atom stereocenters. The fourth-order valence-electron chi connectivity index (χ4n) is 2.35. The van der Waals surface area contributed by atoms with E-state index in [0.717, 1.165) is 24.9 Å². The Hall–Kier alpha value is -0.970. The molecule has 0 radical (unpaired) electrons. The maximum atomic E-state index is 10.0. The largest absolute Gasteiger partial charge is 0.392 e. The Morgan fingerprint density at radius 1 is 1.37 bits per heavy atom. The van der Waals surface area contributed by atoms with Gasteiger partial charge in [0.1, 0.15) is 0 Å². The SMILES string of the molecule is CCC(CC)C(O)CNCc1cnc2ccsc2c1. The van der Waals surface area contributed by atoms with E-state index in [-0.39, 0.29) is 6.10 Å². The lowest BCUT2D eigenvalue weighted by atomic mass is 9.96. The third-order valence-corrected chi connectivity index (χ3v) is 4.49. The summed E-state index contributed by atoms with van der Waals surface area (Å²) >= 11 is 1.71. The molecule has 0 amide bonds. The third kappa shape index (κ3) is 3.75. The number of rotatable bonds is 7. The van der Waals surface area contributed by atoms with Gasteiger partial charge in [-0.05, 0) is 29.0 Å². The Kier molecular flexibility index (Phi) is 5.31. The molecule has 3 nitrogen and oxygen atoms in total. The van der Waals surface area contributed by atoms with Crippen molar-refractivity contribution in [3.63, 3.8) is 0 Å². The minimum Gasteiger partial charge on any atom is -0.392 e. The lowest BCUT2D eigenvalue weighted by Gasteiger charge is -2.20. The summed E-state index contributed by atoms with van der Waals surface area (Å²) < 4.78 is 1.22. The molecule has 4 heteroatoms. The molecule has 0 aliphatic rings. The van der Waals surface area contributed by atoms with Gasteiger partial charge in [0.05, 0.1) is 16.3 Å². The fourth-order valence-corrected chi connectivity index (χ4v) is 3.15. The number of nitrogens with zero attached hydrogens (tertiary/aromatic N) is 1. The molecule has 0 aliphatic carbocycles. The second kappa shape index (κ2) is 6.98. The van der Waals surface area contributed by atoms with Gasteiger partial charge < -0.3 is 10.4 Å². The van der Waals surface area contributed by atoms with Crippen molar-refractivity contribution in [2.45, 2.75) is 39.3 Å². The molecule has 2 heterocycles. The van der Waals surface area contributed by atoms with E-state index in [1.165, 1.54) is 10.3 Å². The van der Waals surface area contributed by atoms with Crippen LogP contribution in [0.1, 0.15) is 32.3 Å². The van der Waals surface area contributed by atoms with E-state index < -0.39 is 0 Å². The van der Waals surface area contributed by atoms with Crippen molar-refractivity contribution in [1.82, 2.24) is 10.3 Å². The highest BCUT2D eigenvalue weighted by Crippen LogP contribution is 2.19. The number of nitrogens with one attached hydrogen (secondary N) is 1.